The normalized spacial score (nSPS) is 21.7. The fourth-order valence-electron chi connectivity index (χ4n) is 3.47. The number of rotatable bonds is 5. The number of nitrogens with two attached hydrogens (primary N) is 1. The van der Waals surface area contributed by atoms with Crippen molar-refractivity contribution < 1.29 is 26.9 Å². The number of hydrogen-bond donors (Lipinski definition) is 1. The largest absolute Gasteiger partial charge is 0.573 e. The Morgan fingerprint density at radius 2 is 2.04 bits per heavy atom. The summed E-state index contributed by atoms with van der Waals surface area (Å²) in [4.78, 5) is 4.47. The summed E-state index contributed by atoms with van der Waals surface area (Å²) in [5.74, 6) is 0.305. The van der Waals surface area contributed by atoms with E-state index >= 15 is 0 Å². The molecule has 146 valence electrons. The van der Waals surface area contributed by atoms with Gasteiger partial charge < -0.3 is 9.47 Å². The molecule has 0 saturated heterocycles. The molecular weight excluding hydrogens is 381 g/mol. The zero-order valence-corrected chi connectivity index (χ0v) is 15.3. The maximum Gasteiger partial charge on any atom is 0.573 e. The molecule has 2 unspecified atom stereocenters. The summed E-state index contributed by atoms with van der Waals surface area (Å²) < 4.78 is 58.8. The number of benzene rings is 1. The van der Waals surface area contributed by atoms with Crippen molar-refractivity contribution in [1.82, 2.24) is 4.98 Å². The van der Waals surface area contributed by atoms with E-state index in [1.807, 2.05) is 0 Å². The van der Waals surface area contributed by atoms with Gasteiger partial charge in [-0.25, -0.2) is 4.21 Å². The van der Waals surface area contributed by atoms with Crippen LogP contribution in [0.2, 0.25) is 0 Å². The Kier molecular flexibility index (Phi) is 5.43. The Morgan fingerprint density at radius 3 is 2.67 bits per heavy atom. The zero-order valence-electron chi connectivity index (χ0n) is 14.5. The Bertz CT molecular complexity index is 829. The smallest absolute Gasteiger partial charge is 0.492 e. The fraction of sp³-hybridized carbons (Fsp3) is 0.389. The SMILES string of the molecule is CC(C[C@]1(c2ccc(OC(F)(F)F)cc2)CCOc2cccnc21)S(N)=O. The van der Waals surface area contributed by atoms with Crippen molar-refractivity contribution in [3.63, 3.8) is 0 Å². The predicted octanol–water partition coefficient (Wildman–Crippen LogP) is 3.45. The molecule has 2 N–H and O–H groups in total. The molecule has 0 amide bonds. The molecular formula is C18H19F3N2O3S. The summed E-state index contributed by atoms with van der Waals surface area (Å²) in [5.41, 5.74) is 0.746. The number of nitrogens with zero attached hydrogens (tertiary/aromatic N) is 1. The lowest BCUT2D eigenvalue weighted by Gasteiger charge is -2.39. The molecule has 3 rings (SSSR count). The Hall–Kier alpha value is -2.13. The summed E-state index contributed by atoms with van der Waals surface area (Å²) in [6.07, 6.45) is -2.16. The van der Waals surface area contributed by atoms with Gasteiger partial charge in [-0.1, -0.05) is 12.1 Å². The Balaban J connectivity index is 2.05. The van der Waals surface area contributed by atoms with Crippen molar-refractivity contribution >= 4 is 11.0 Å². The molecule has 0 radical (unpaired) electrons. The third-order valence-electron chi connectivity index (χ3n) is 4.68. The van der Waals surface area contributed by atoms with E-state index in [4.69, 9.17) is 9.88 Å². The van der Waals surface area contributed by atoms with Crippen LogP contribution in [0.1, 0.15) is 31.0 Å². The van der Waals surface area contributed by atoms with E-state index in [-0.39, 0.29) is 11.0 Å². The lowest BCUT2D eigenvalue weighted by molar-refractivity contribution is -0.274. The standard InChI is InChI=1S/C18H19F3N2O3S/c1-12(27(22)24)11-17(8-10-25-15-3-2-9-23-16(15)17)13-4-6-14(7-5-13)26-18(19,20)21/h2-7,9,12H,8,10-11,22H2,1H3/t12?,17-,27?/m0/s1. The second-order valence-corrected chi connectivity index (χ2v) is 7.91. The van der Waals surface area contributed by atoms with E-state index in [1.54, 1.807) is 37.4 Å². The molecule has 27 heavy (non-hydrogen) atoms. The zero-order chi connectivity index (χ0) is 19.7. The third-order valence-corrected chi connectivity index (χ3v) is 5.64. The molecule has 2 heterocycles. The van der Waals surface area contributed by atoms with Crippen LogP contribution in [0.15, 0.2) is 42.6 Å². The molecule has 9 heteroatoms. The first-order valence-electron chi connectivity index (χ1n) is 8.31. The predicted molar refractivity (Wildman–Crippen MR) is 94.7 cm³/mol. The molecule has 0 aliphatic carbocycles. The van der Waals surface area contributed by atoms with Gasteiger partial charge in [0, 0.05) is 16.9 Å². The van der Waals surface area contributed by atoms with Crippen LogP contribution in [-0.2, 0) is 16.4 Å². The summed E-state index contributed by atoms with van der Waals surface area (Å²) >= 11 is 0. The average molecular weight is 400 g/mol. The van der Waals surface area contributed by atoms with E-state index in [0.717, 1.165) is 5.56 Å². The van der Waals surface area contributed by atoms with Gasteiger partial charge in [-0.3, -0.25) is 10.1 Å². The number of hydrogen-bond acceptors (Lipinski definition) is 4. The van der Waals surface area contributed by atoms with Crippen LogP contribution in [0.4, 0.5) is 13.2 Å². The van der Waals surface area contributed by atoms with E-state index in [1.165, 1.54) is 12.1 Å². The highest BCUT2D eigenvalue weighted by atomic mass is 32.2. The van der Waals surface area contributed by atoms with Crippen LogP contribution in [0, 0.1) is 0 Å². The molecule has 2 aromatic rings. The van der Waals surface area contributed by atoms with Crippen LogP contribution in [0.3, 0.4) is 0 Å². The minimum Gasteiger partial charge on any atom is -0.492 e. The number of fused-ring (bicyclic) bond motifs is 1. The second-order valence-electron chi connectivity index (χ2n) is 6.45. The highest BCUT2D eigenvalue weighted by molar-refractivity contribution is 7.83. The molecule has 0 saturated carbocycles. The lowest BCUT2D eigenvalue weighted by Crippen LogP contribution is -2.39. The van der Waals surface area contributed by atoms with Gasteiger partial charge in [0.05, 0.1) is 23.3 Å². The summed E-state index contributed by atoms with van der Waals surface area (Å²) in [5, 5.41) is 5.24. The first-order valence-corrected chi connectivity index (χ1v) is 9.58. The van der Waals surface area contributed by atoms with Gasteiger partial charge in [-0.2, -0.15) is 0 Å². The third kappa shape index (κ3) is 4.24. The highest BCUT2D eigenvalue weighted by Gasteiger charge is 2.42. The van der Waals surface area contributed by atoms with Crippen molar-refractivity contribution in [3.8, 4) is 11.5 Å². The second kappa shape index (κ2) is 7.47. The topological polar surface area (TPSA) is 74.4 Å². The average Bonchev–Trinajstić information content (AvgIpc) is 2.61. The van der Waals surface area contributed by atoms with Crippen LogP contribution in [0.25, 0.3) is 0 Å². The molecule has 1 aromatic carbocycles. The van der Waals surface area contributed by atoms with E-state index in [9.17, 15) is 17.4 Å². The lowest BCUT2D eigenvalue weighted by atomic mass is 9.70. The molecule has 0 spiro atoms. The number of pyridine rings is 1. The van der Waals surface area contributed by atoms with E-state index in [2.05, 4.69) is 9.72 Å². The van der Waals surface area contributed by atoms with Gasteiger partial charge in [0.2, 0.25) is 0 Å². The van der Waals surface area contributed by atoms with Crippen LogP contribution in [0.5, 0.6) is 11.5 Å². The van der Waals surface area contributed by atoms with Gasteiger partial charge >= 0.3 is 6.36 Å². The van der Waals surface area contributed by atoms with Gasteiger partial charge in [0.25, 0.3) is 0 Å². The molecule has 1 aromatic heterocycles. The number of halogens is 3. The molecule has 1 aliphatic rings. The van der Waals surface area contributed by atoms with Crippen molar-refractivity contribution in [1.29, 1.82) is 0 Å². The van der Waals surface area contributed by atoms with Gasteiger partial charge in [-0.15, -0.1) is 13.2 Å². The van der Waals surface area contributed by atoms with Crippen LogP contribution in [-0.4, -0.2) is 27.4 Å². The van der Waals surface area contributed by atoms with Crippen molar-refractivity contribution in [2.45, 2.75) is 36.8 Å². The van der Waals surface area contributed by atoms with Gasteiger partial charge in [-0.05, 0) is 49.6 Å². The maximum atomic E-state index is 12.4. The summed E-state index contributed by atoms with van der Waals surface area (Å²) in [6, 6.07) is 9.24. The molecule has 0 fully saturated rings. The maximum absolute atomic E-state index is 12.4. The fourth-order valence-corrected chi connectivity index (χ4v) is 3.91. The Labute approximate surface area is 157 Å². The molecule has 3 atom stereocenters. The number of alkyl halides is 3. The molecule has 1 aliphatic heterocycles. The Morgan fingerprint density at radius 1 is 1.33 bits per heavy atom. The summed E-state index contributed by atoms with van der Waals surface area (Å²) in [7, 11) is -1.55. The van der Waals surface area contributed by atoms with Crippen LogP contribution < -0.4 is 14.6 Å². The van der Waals surface area contributed by atoms with Crippen molar-refractivity contribution in [2.75, 3.05) is 6.61 Å². The van der Waals surface area contributed by atoms with Gasteiger partial charge in [0.15, 0.2) is 0 Å². The monoisotopic (exact) mass is 400 g/mol. The van der Waals surface area contributed by atoms with Crippen molar-refractivity contribution in [2.24, 2.45) is 5.14 Å². The number of ether oxygens (including phenoxy) is 2. The quantitative estimate of drug-likeness (QED) is 0.834. The molecule has 5 nitrogen and oxygen atoms in total. The minimum absolute atomic E-state index is 0.301. The van der Waals surface area contributed by atoms with E-state index < -0.39 is 22.8 Å². The molecule has 0 bridgehead atoms. The minimum atomic E-state index is -4.75. The van der Waals surface area contributed by atoms with Crippen molar-refractivity contribution in [3.05, 3.63) is 53.9 Å². The highest BCUT2D eigenvalue weighted by Crippen LogP contribution is 2.46. The summed E-state index contributed by atoms with van der Waals surface area (Å²) in [6.45, 7) is 2.18. The first-order chi connectivity index (χ1) is 12.7. The van der Waals surface area contributed by atoms with Crippen LogP contribution >= 0.6 is 0 Å². The first kappa shape index (κ1) is 19.6. The van der Waals surface area contributed by atoms with E-state index in [0.29, 0.717) is 30.9 Å². The van der Waals surface area contributed by atoms with Gasteiger partial charge in [0.1, 0.15) is 11.5 Å². The number of aromatic nitrogens is 1.